The Labute approximate surface area is 136 Å². The summed E-state index contributed by atoms with van der Waals surface area (Å²) < 4.78 is 15.7. The number of rotatable bonds is 3. The number of esters is 1. The van der Waals surface area contributed by atoms with Crippen LogP contribution >= 0.6 is 0 Å². The van der Waals surface area contributed by atoms with Gasteiger partial charge in [-0.25, -0.2) is 9.59 Å². The van der Waals surface area contributed by atoms with Crippen molar-refractivity contribution in [2.75, 3.05) is 7.11 Å². The van der Waals surface area contributed by atoms with E-state index < -0.39 is 29.8 Å². The molecule has 1 heterocycles. The van der Waals surface area contributed by atoms with Crippen molar-refractivity contribution in [1.82, 2.24) is 5.32 Å². The van der Waals surface area contributed by atoms with Gasteiger partial charge in [-0.3, -0.25) is 0 Å². The maximum Gasteiger partial charge on any atom is 0.408 e. The number of hydrogen-bond acceptors (Lipinski definition) is 5. The highest BCUT2D eigenvalue weighted by molar-refractivity contribution is 5.83. The van der Waals surface area contributed by atoms with Crippen molar-refractivity contribution in [2.24, 2.45) is 5.92 Å². The maximum absolute atomic E-state index is 12.1. The van der Waals surface area contributed by atoms with Gasteiger partial charge < -0.3 is 19.5 Å². The van der Waals surface area contributed by atoms with Crippen molar-refractivity contribution >= 4 is 12.1 Å². The summed E-state index contributed by atoms with van der Waals surface area (Å²) in [7, 11) is 1.59. The van der Waals surface area contributed by atoms with Crippen LogP contribution in [0.1, 0.15) is 39.4 Å². The molecule has 1 fully saturated rings. The summed E-state index contributed by atoms with van der Waals surface area (Å²) in [4.78, 5) is 24.0. The molecule has 126 valence electrons. The van der Waals surface area contributed by atoms with E-state index in [-0.39, 0.29) is 5.92 Å². The van der Waals surface area contributed by atoms with Gasteiger partial charge in [-0.2, -0.15) is 0 Å². The van der Waals surface area contributed by atoms with Gasteiger partial charge in [0, 0.05) is 5.92 Å². The average molecular weight is 321 g/mol. The van der Waals surface area contributed by atoms with Gasteiger partial charge >= 0.3 is 12.1 Å². The molecular weight excluding hydrogens is 298 g/mol. The van der Waals surface area contributed by atoms with E-state index in [0.29, 0.717) is 0 Å². The topological polar surface area (TPSA) is 73.9 Å². The Morgan fingerprint density at radius 2 is 1.83 bits per heavy atom. The normalized spacial score (nSPS) is 24.0. The van der Waals surface area contributed by atoms with Gasteiger partial charge in [0.15, 0.2) is 0 Å². The van der Waals surface area contributed by atoms with Gasteiger partial charge in [0.2, 0.25) is 0 Å². The number of cyclic esters (lactones) is 1. The van der Waals surface area contributed by atoms with Crippen LogP contribution in [0.25, 0.3) is 0 Å². The van der Waals surface area contributed by atoms with Crippen LogP contribution in [-0.2, 0) is 14.3 Å². The first-order valence-corrected chi connectivity index (χ1v) is 7.55. The quantitative estimate of drug-likeness (QED) is 0.867. The van der Waals surface area contributed by atoms with Crippen LogP contribution in [0.3, 0.4) is 0 Å². The summed E-state index contributed by atoms with van der Waals surface area (Å²) in [6.45, 7) is 7.16. The standard InChI is InChI=1S/C17H23NO5/c1-10-13(18-16(20)23-17(2,3)4)15(19)22-14(10)11-6-8-12(21-5)9-7-11/h6-10,13-14H,1-5H3,(H,18,20)/t10-,13+,14+/m1/s1. The van der Waals surface area contributed by atoms with Crippen LogP contribution in [-0.4, -0.2) is 30.8 Å². The van der Waals surface area contributed by atoms with Gasteiger partial charge in [-0.05, 0) is 38.5 Å². The monoisotopic (exact) mass is 321 g/mol. The molecule has 1 aromatic rings. The number of ether oxygens (including phenoxy) is 3. The smallest absolute Gasteiger partial charge is 0.408 e. The molecule has 0 spiro atoms. The zero-order valence-corrected chi connectivity index (χ0v) is 14.1. The maximum atomic E-state index is 12.1. The highest BCUT2D eigenvalue weighted by Gasteiger charge is 2.44. The minimum atomic E-state index is -0.725. The van der Waals surface area contributed by atoms with Crippen molar-refractivity contribution in [3.05, 3.63) is 29.8 Å². The van der Waals surface area contributed by atoms with E-state index in [1.54, 1.807) is 27.9 Å². The number of amides is 1. The molecule has 1 saturated heterocycles. The Morgan fingerprint density at radius 3 is 2.35 bits per heavy atom. The first-order chi connectivity index (χ1) is 10.7. The molecule has 0 aromatic heterocycles. The molecule has 6 nitrogen and oxygen atoms in total. The first kappa shape index (κ1) is 17.1. The Kier molecular flexibility index (Phi) is 4.82. The number of nitrogens with one attached hydrogen (secondary N) is 1. The van der Waals surface area contributed by atoms with E-state index in [2.05, 4.69) is 5.32 Å². The molecule has 1 aliphatic heterocycles. The molecular formula is C17H23NO5. The molecule has 6 heteroatoms. The van der Waals surface area contributed by atoms with Crippen molar-refractivity contribution in [2.45, 2.75) is 45.4 Å². The van der Waals surface area contributed by atoms with Gasteiger partial charge in [-0.1, -0.05) is 19.1 Å². The lowest BCUT2D eigenvalue weighted by atomic mass is 9.93. The second kappa shape index (κ2) is 6.48. The van der Waals surface area contributed by atoms with Crippen LogP contribution in [0.4, 0.5) is 4.79 Å². The third kappa shape index (κ3) is 4.15. The van der Waals surface area contributed by atoms with Crippen LogP contribution in [0.2, 0.25) is 0 Å². The first-order valence-electron chi connectivity index (χ1n) is 7.55. The summed E-state index contributed by atoms with van der Waals surface area (Å²) in [6.07, 6.45) is -1.03. The van der Waals surface area contributed by atoms with Crippen LogP contribution in [0, 0.1) is 5.92 Å². The summed E-state index contributed by atoms with van der Waals surface area (Å²) in [5.41, 5.74) is 0.241. The van der Waals surface area contributed by atoms with E-state index in [9.17, 15) is 9.59 Å². The van der Waals surface area contributed by atoms with Gasteiger partial charge in [-0.15, -0.1) is 0 Å². The summed E-state index contributed by atoms with van der Waals surface area (Å²) in [5, 5.41) is 2.60. The molecule has 23 heavy (non-hydrogen) atoms. The largest absolute Gasteiger partial charge is 0.497 e. The molecule has 1 amide bonds. The minimum Gasteiger partial charge on any atom is -0.497 e. The van der Waals surface area contributed by atoms with E-state index in [0.717, 1.165) is 11.3 Å². The lowest BCUT2D eigenvalue weighted by Gasteiger charge is -2.22. The predicted molar refractivity (Wildman–Crippen MR) is 84.1 cm³/mol. The Morgan fingerprint density at radius 1 is 1.22 bits per heavy atom. The molecule has 3 atom stereocenters. The molecule has 0 unspecified atom stereocenters. The van der Waals surface area contributed by atoms with Gasteiger partial charge in [0.05, 0.1) is 7.11 Å². The summed E-state index contributed by atoms with van der Waals surface area (Å²) in [6, 6.07) is 6.60. The number of alkyl carbamates (subject to hydrolysis) is 1. The van der Waals surface area contributed by atoms with Crippen molar-refractivity contribution in [3.63, 3.8) is 0 Å². The Bertz CT molecular complexity index is 576. The Hall–Kier alpha value is -2.24. The molecule has 1 N–H and O–H groups in total. The molecule has 0 bridgehead atoms. The second-order valence-electron chi connectivity index (χ2n) is 6.61. The number of benzene rings is 1. The molecule has 1 aromatic carbocycles. The van der Waals surface area contributed by atoms with Crippen molar-refractivity contribution in [1.29, 1.82) is 0 Å². The highest BCUT2D eigenvalue weighted by atomic mass is 16.6. The average Bonchev–Trinajstić information content (AvgIpc) is 2.73. The SMILES string of the molecule is COc1ccc([C@H]2OC(=O)[C@@H](NC(=O)OC(C)(C)C)[C@H]2C)cc1. The highest BCUT2D eigenvalue weighted by Crippen LogP contribution is 2.36. The van der Waals surface area contributed by atoms with Crippen molar-refractivity contribution in [3.8, 4) is 5.75 Å². The third-order valence-electron chi connectivity index (χ3n) is 3.62. The number of carbonyl (C=O) groups excluding carboxylic acids is 2. The fourth-order valence-electron chi connectivity index (χ4n) is 2.49. The van der Waals surface area contributed by atoms with Crippen LogP contribution < -0.4 is 10.1 Å². The second-order valence-corrected chi connectivity index (χ2v) is 6.61. The molecule has 0 radical (unpaired) electrons. The van der Waals surface area contributed by atoms with Gasteiger partial charge in [0.25, 0.3) is 0 Å². The van der Waals surface area contributed by atoms with E-state index in [4.69, 9.17) is 14.2 Å². The fraction of sp³-hybridized carbons (Fsp3) is 0.529. The molecule has 2 rings (SSSR count). The minimum absolute atomic E-state index is 0.205. The summed E-state index contributed by atoms with van der Waals surface area (Å²) in [5.74, 6) is 0.0711. The number of methoxy groups -OCH3 is 1. The number of carbonyl (C=O) groups is 2. The third-order valence-corrected chi connectivity index (χ3v) is 3.62. The van der Waals surface area contributed by atoms with Crippen LogP contribution in [0.5, 0.6) is 5.75 Å². The van der Waals surface area contributed by atoms with Crippen LogP contribution in [0.15, 0.2) is 24.3 Å². The zero-order chi connectivity index (χ0) is 17.2. The van der Waals surface area contributed by atoms with Gasteiger partial charge in [0.1, 0.15) is 23.5 Å². The number of hydrogen-bond donors (Lipinski definition) is 1. The molecule has 1 aliphatic rings. The lowest BCUT2D eigenvalue weighted by Crippen LogP contribution is -2.44. The zero-order valence-electron chi connectivity index (χ0n) is 14.1. The van der Waals surface area contributed by atoms with Crippen molar-refractivity contribution < 1.29 is 23.8 Å². The van der Waals surface area contributed by atoms with E-state index >= 15 is 0 Å². The molecule has 0 aliphatic carbocycles. The van der Waals surface area contributed by atoms with E-state index in [1.807, 2.05) is 31.2 Å². The predicted octanol–water partition coefficient (Wildman–Crippen LogP) is 2.82. The molecule has 0 saturated carbocycles. The lowest BCUT2D eigenvalue weighted by molar-refractivity contribution is -0.143. The fourth-order valence-corrected chi connectivity index (χ4v) is 2.49. The van der Waals surface area contributed by atoms with E-state index in [1.165, 1.54) is 0 Å². The summed E-state index contributed by atoms with van der Waals surface area (Å²) >= 11 is 0. The Balaban J connectivity index is 2.07.